The van der Waals surface area contributed by atoms with Gasteiger partial charge in [-0.15, -0.1) is 0 Å². The molecule has 26 heavy (non-hydrogen) atoms. The Morgan fingerprint density at radius 1 is 1.08 bits per heavy atom. The summed E-state index contributed by atoms with van der Waals surface area (Å²) in [5, 5.41) is 17.4. The van der Waals surface area contributed by atoms with Gasteiger partial charge in [0.05, 0.1) is 20.3 Å². The Kier molecular flexibility index (Phi) is 10.6. The van der Waals surface area contributed by atoms with Gasteiger partial charge in [-0.2, -0.15) is 0 Å². The van der Waals surface area contributed by atoms with Gasteiger partial charge in [0.15, 0.2) is 0 Å². The number of methoxy groups -OCH3 is 1. The van der Waals surface area contributed by atoms with E-state index < -0.39 is 11.9 Å². The van der Waals surface area contributed by atoms with Crippen LogP contribution < -0.4 is 9.47 Å². The summed E-state index contributed by atoms with van der Waals surface area (Å²) in [6.07, 6.45) is 5.75. The van der Waals surface area contributed by atoms with Gasteiger partial charge in [-0.05, 0) is 43.9 Å². The van der Waals surface area contributed by atoms with Crippen LogP contribution in [0.1, 0.15) is 37.7 Å². The second-order valence-electron chi connectivity index (χ2n) is 5.53. The van der Waals surface area contributed by atoms with Crippen LogP contribution in [0, 0.1) is 0 Å². The van der Waals surface area contributed by atoms with Crippen LogP contribution in [-0.2, 0) is 14.3 Å². The zero-order chi connectivity index (χ0) is 19.2. The molecule has 0 aliphatic heterocycles. The van der Waals surface area contributed by atoms with Crippen LogP contribution in [0.3, 0.4) is 0 Å². The molecule has 0 saturated heterocycles. The van der Waals surface area contributed by atoms with Crippen molar-refractivity contribution in [1.82, 2.24) is 0 Å². The highest BCUT2D eigenvalue weighted by molar-refractivity contribution is 5.87. The molecular formula is C19H26O7. The summed E-state index contributed by atoms with van der Waals surface area (Å²) in [4.78, 5) is 21.8. The van der Waals surface area contributed by atoms with Gasteiger partial charge < -0.3 is 24.4 Å². The largest absolute Gasteiger partial charge is 0.493 e. The second kappa shape index (κ2) is 12.8. The Balaban J connectivity index is 2.72. The lowest BCUT2D eigenvalue weighted by Gasteiger charge is -2.12. The third-order valence-corrected chi connectivity index (χ3v) is 3.45. The number of benzene rings is 1. The van der Waals surface area contributed by atoms with Crippen molar-refractivity contribution in [2.45, 2.75) is 32.1 Å². The lowest BCUT2D eigenvalue weighted by Crippen LogP contribution is -2.03. The zero-order valence-corrected chi connectivity index (χ0v) is 15.0. The van der Waals surface area contributed by atoms with Gasteiger partial charge in [0, 0.05) is 30.7 Å². The summed E-state index contributed by atoms with van der Waals surface area (Å²) in [7, 11) is 1.30. The van der Waals surface area contributed by atoms with E-state index in [4.69, 9.17) is 19.7 Å². The first-order valence-corrected chi connectivity index (χ1v) is 8.55. The standard InChI is InChI=1S/C19H26O7/c1-24-19(23)10-8-15-7-9-16(25-13-5-6-18(21)22)14-17(15)26-12-4-2-3-11-20/h7-10,14,20H,2-6,11-13H2,1H3,(H,21,22)/b10-8+. The number of hydrogen-bond acceptors (Lipinski definition) is 6. The molecule has 0 spiro atoms. The average molecular weight is 366 g/mol. The van der Waals surface area contributed by atoms with Gasteiger partial charge in [0.2, 0.25) is 0 Å². The number of carbonyl (C=O) groups excluding carboxylic acids is 1. The third kappa shape index (κ3) is 9.08. The Morgan fingerprint density at radius 3 is 2.54 bits per heavy atom. The first-order valence-electron chi connectivity index (χ1n) is 8.55. The molecule has 0 bridgehead atoms. The summed E-state index contributed by atoms with van der Waals surface area (Å²) in [6, 6.07) is 5.20. The minimum absolute atomic E-state index is 0.0498. The lowest BCUT2D eigenvalue weighted by atomic mass is 10.1. The van der Waals surface area contributed by atoms with E-state index in [1.54, 1.807) is 24.3 Å². The van der Waals surface area contributed by atoms with Crippen LogP contribution in [0.15, 0.2) is 24.3 Å². The van der Waals surface area contributed by atoms with E-state index in [9.17, 15) is 9.59 Å². The fourth-order valence-electron chi connectivity index (χ4n) is 2.08. The molecule has 1 aromatic carbocycles. The number of unbranched alkanes of at least 4 members (excludes halogenated alkanes) is 2. The molecule has 0 atom stereocenters. The summed E-state index contributed by atoms with van der Waals surface area (Å²) < 4.78 is 15.9. The van der Waals surface area contributed by atoms with Crippen molar-refractivity contribution in [2.24, 2.45) is 0 Å². The van der Waals surface area contributed by atoms with Crippen molar-refractivity contribution in [3.63, 3.8) is 0 Å². The molecule has 7 nitrogen and oxygen atoms in total. The van der Waals surface area contributed by atoms with E-state index >= 15 is 0 Å². The van der Waals surface area contributed by atoms with Crippen LogP contribution in [0.25, 0.3) is 6.08 Å². The Bertz CT molecular complexity index is 596. The molecule has 1 aromatic rings. The highest BCUT2D eigenvalue weighted by atomic mass is 16.5. The molecule has 7 heteroatoms. The van der Waals surface area contributed by atoms with Crippen LogP contribution >= 0.6 is 0 Å². The number of hydrogen-bond donors (Lipinski definition) is 2. The summed E-state index contributed by atoms with van der Waals surface area (Å²) in [5.41, 5.74) is 0.704. The first-order chi connectivity index (χ1) is 12.6. The van der Waals surface area contributed by atoms with Crippen LogP contribution in [0.5, 0.6) is 11.5 Å². The highest BCUT2D eigenvalue weighted by Gasteiger charge is 2.06. The molecule has 2 N–H and O–H groups in total. The molecule has 144 valence electrons. The smallest absolute Gasteiger partial charge is 0.330 e. The maximum Gasteiger partial charge on any atom is 0.330 e. The molecule has 0 saturated carbocycles. The molecule has 0 aliphatic rings. The van der Waals surface area contributed by atoms with Gasteiger partial charge in [-0.1, -0.05) is 0 Å². The Hall–Kier alpha value is -2.54. The number of carboxylic acids is 1. The van der Waals surface area contributed by atoms with Crippen molar-refractivity contribution in [3.8, 4) is 11.5 Å². The minimum Gasteiger partial charge on any atom is -0.493 e. The maximum atomic E-state index is 11.3. The quantitative estimate of drug-likeness (QED) is 0.314. The molecule has 1 rings (SSSR count). The predicted octanol–water partition coefficient (Wildman–Crippen LogP) is 2.66. The van der Waals surface area contributed by atoms with Crippen molar-refractivity contribution in [3.05, 3.63) is 29.8 Å². The first kappa shape index (κ1) is 21.5. The van der Waals surface area contributed by atoms with Gasteiger partial charge >= 0.3 is 11.9 Å². The summed E-state index contributed by atoms with van der Waals surface area (Å²) >= 11 is 0. The molecule has 0 aliphatic carbocycles. The Morgan fingerprint density at radius 2 is 1.85 bits per heavy atom. The van der Waals surface area contributed by atoms with Gasteiger partial charge in [-0.25, -0.2) is 4.79 Å². The molecular weight excluding hydrogens is 340 g/mol. The van der Waals surface area contributed by atoms with Crippen molar-refractivity contribution in [1.29, 1.82) is 0 Å². The molecule has 0 amide bonds. The van der Waals surface area contributed by atoms with Gasteiger partial charge in [-0.3, -0.25) is 4.79 Å². The fraction of sp³-hybridized carbons (Fsp3) is 0.474. The number of carbonyl (C=O) groups is 2. The normalized spacial score (nSPS) is 10.7. The van der Waals surface area contributed by atoms with E-state index in [-0.39, 0.29) is 13.0 Å². The maximum absolute atomic E-state index is 11.3. The molecule has 0 radical (unpaired) electrons. The van der Waals surface area contributed by atoms with Crippen LogP contribution in [0.4, 0.5) is 0 Å². The number of rotatable bonds is 13. The lowest BCUT2D eigenvalue weighted by molar-refractivity contribution is -0.137. The predicted molar refractivity (Wildman–Crippen MR) is 96.3 cm³/mol. The van der Waals surface area contributed by atoms with E-state index in [0.717, 1.165) is 19.3 Å². The number of aliphatic carboxylic acids is 1. The van der Waals surface area contributed by atoms with E-state index in [2.05, 4.69) is 4.74 Å². The number of esters is 1. The SMILES string of the molecule is COC(=O)/C=C/c1ccc(OCCCC(=O)O)cc1OCCCCCO. The highest BCUT2D eigenvalue weighted by Crippen LogP contribution is 2.27. The van der Waals surface area contributed by atoms with E-state index in [1.165, 1.54) is 13.2 Å². The minimum atomic E-state index is -0.858. The van der Waals surface area contributed by atoms with Crippen LogP contribution in [0.2, 0.25) is 0 Å². The summed E-state index contributed by atoms with van der Waals surface area (Å²) in [6.45, 7) is 0.925. The van der Waals surface area contributed by atoms with Crippen molar-refractivity contribution >= 4 is 18.0 Å². The molecule has 0 heterocycles. The summed E-state index contributed by atoms with van der Waals surface area (Å²) in [5.74, 6) is -0.197. The monoisotopic (exact) mass is 366 g/mol. The van der Waals surface area contributed by atoms with Gasteiger partial charge in [0.25, 0.3) is 0 Å². The number of ether oxygens (including phenoxy) is 3. The third-order valence-electron chi connectivity index (χ3n) is 3.45. The van der Waals surface area contributed by atoms with E-state index in [1.807, 2.05) is 0 Å². The van der Waals surface area contributed by atoms with E-state index in [0.29, 0.717) is 36.7 Å². The number of aliphatic hydroxyl groups excluding tert-OH is 1. The average Bonchev–Trinajstić information content (AvgIpc) is 2.63. The Labute approximate surface area is 153 Å². The topological polar surface area (TPSA) is 102 Å². The van der Waals surface area contributed by atoms with Gasteiger partial charge in [0.1, 0.15) is 11.5 Å². The fourth-order valence-corrected chi connectivity index (χ4v) is 2.08. The number of carboxylic acid groups (broad SMARTS) is 1. The molecule has 0 unspecified atom stereocenters. The number of aliphatic hydroxyl groups is 1. The molecule has 0 fully saturated rings. The van der Waals surface area contributed by atoms with Crippen molar-refractivity contribution < 1.29 is 34.0 Å². The van der Waals surface area contributed by atoms with Crippen molar-refractivity contribution in [2.75, 3.05) is 26.9 Å². The van der Waals surface area contributed by atoms with Crippen LogP contribution in [-0.4, -0.2) is 49.1 Å². The molecule has 0 aromatic heterocycles. The second-order valence-corrected chi connectivity index (χ2v) is 5.53. The zero-order valence-electron chi connectivity index (χ0n) is 15.0.